The Hall–Kier alpha value is -2.22. The largest absolute Gasteiger partial charge is 0.480 e. The molecule has 0 fully saturated rings. The summed E-state index contributed by atoms with van der Waals surface area (Å²) in [5.74, 6) is -2.80. The maximum absolute atomic E-state index is 11.5. The molecule has 0 spiro atoms. The van der Waals surface area contributed by atoms with Crippen molar-refractivity contribution in [1.29, 1.82) is 0 Å². The van der Waals surface area contributed by atoms with Crippen molar-refractivity contribution >= 4 is 38.5 Å². The first-order valence-electron chi connectivity index (χ1n) is 5.71. The van der Waals surface area contributed by atoms with E-state index < -0.39 is 44.3 Å². The number of carbonyl (C=O) groups excluding carboxylic acids is 2. The van der Waals surface area contributed by atoms with Gasteiger partial charge >= 0.3 is 23.7 Å². The monoisotopic (exact) mass is 322 g/mol. The van der Waals surface area contributed by atoms with E-state index in [1.807, 2.05) is 10.6 Å². The molecule has 11 heteroatoms. The van der Waals surface area contributed by atoms with Crippen molar-refractivity contribution in [3.8, 4) is 0 Å². The molecule has 0 radical (unpaired) electrons. The molecule has 0 aliphatic heterocycles. The second-order valence-corrected chi connectivity index (χ2v) is 5.02. The number of rotatable bonds is 10. The zero-order valence-electron chi connectivity index (χ0n) is 10.7. The van der Waals surface area contributed by atoms with Gasteiger partial charge in [0, 0.05) is 12.6 Å². The number of hydrogen-bond donors (Lipinski definition) is 5. The van der Waals surface area contributed by atoms with Crippen LogP contribution in [0.25, 0.3) is 0 Å². The van der Waals surface area contributed by atoms with Gasteiger partial charge in [-0.05, 0) is 15.0 Å². The third kappa shape index (κ3) is 8.53. The van der Waals surface area contributed by atoms with Gasteiger partial charge in [0.15, 0.2) is 0 Å². The van der Waals surface area contributed by atoms with Crippen LogP contribution >= 0.6 is 8.58 Å². The predicted octanol–water partition coefficient (Wildman–Crippen LogP) is -0.472. The Kier molecular flexibility index (Phi) is 8.63. The van der Waals surface area contributed by atoms with Crippen LogP contribution < -0.4 is 10.6 Å². The number of urea groups is 1. The zero-order valence-corrected chi connectivity index (χ0v) is 11.7. The van der Waals surface area contributed by atoms with Gasteiger partial charge in [-0.15, -0.1) is 0 Å². The molecule has 0 bridgehead atoms. The summed E-state index contributed by atoms with van der Waals surface area (Å²) in [7, 11) is -0.716. The number of nitrogens with one attached hydrogen (secondary N) is 2. The first kappa shape index (κ1) is 18.8. The van der Waals surface area contributed by atoms with E-state index >= 15 is 0 Å². The van der Waals surface area contributed by atoms with Crippen molar-refractivity contribution in [1.82, 2.24) is 10.6 Å². The Bertz CT molecular complexity index is 427. The first-order valence-corrected chi connectivity index (χ1v) is 6.91. The van der Waals surface area contributed by atoms with E-state index in [-0.39, 0.29) is 19.0 Å². The average Bonchev–Trinajstić information content (AvgIpc) is 2.38. The second-order valence-electron chi connectivity index (χ2n) is 3.83. The van der Waals surface area contributed by atoms with Crippen LogP contribution in [0, 0.1) is 0 Å². The molecule has 3 unspecified atom stereocenters. The van der Waals surface area contributed by atoms with Crippen LogP contribution in [0.2, 0.25) is 0 Å². The van der Waals surface area contributed by atoms with E-state index in [1.165, 1.54) is 0 Å². The topological polar surface area (TPSA) is 170 Å². The molecule has 21 heavy (non-hydrogen) atoms. The number of carboxylic acids is 2. The van der Waals surface area contributed by atoms with E-state index in [1.54, 1.807) is 0 Å². The molecule has 2 amide bonds. The summed E-state index contributed by atoms with van der Waals surface area (Å²) in [5.41, 5.74) is -1.20. The molecule has 0 saturated heterocycles. The minimum atomic E-state index is -1.44. The molecular formula is C10H15N2O8P. The summed E-state index contributed by atoms with van der Waals surface area (Å²) in [6, 6.07) is -3.84. The Morgan fingerprint density at radius 1 is 1.00 bits per heavy atom. The highest BCUT2D eigenvalue weighted by molar-refractivity contribution is 7.57. The number of hydrogen-bond acceptors (Lipinski definition) is 5. The Morgan fingerprint density at radius 3 is 1.95 bits per heavy atom. The van der Waals surface area contributed by atoms with Crippen molar-refractivity contribution in [2.24, 2.45) is 0 Å². The quantitative estimate of drug-likeness (QED) is 0.265. The van der Waals surface area contributed by atoms with E-state index in [9.17, 15) is 24.0 Å². The van der Waals surface area contributed by atoms with Crippen LogP contribution in [-0.4, -0.2) is 63.5 Å². The van der Waals surface area contributed by atoms with Gasteiger partial charge in [0.05, 0.1) is 0 Å². The summed E-state index contributed by atoms with van der Waals surface area (Å²) in [4.78, 5) is 53.7. The summed E-state index contributed by atoms with van der Waals surface area (Å²) in [6.07, 6.45) is -0.0470. The molecule has 0 aliphatic rings. The molecule has 0 rings (SSSR count). The summed E-state index contributed by atoms with van der Waals surface area (Å²) < 4.78 is 0. The predicted molar refractivity (Wildman–Crippen MR) is 71.0 cm³/mol. The van der Waals surface area contributed by atoms with Crippen LogP contribution in [0.15, 0.2) is 0 Å². The molecule has 10 nitrogen and oxygen atoms in total. The van der Waals surface area contributed by atoms with Gasteiger partial charge in [-0.1, -0.05) is 0 Å². The molecule has 5 N–H and O–H groups in total. The molecule has 0 saturated carbocycles. The van der Waals surface area contributed by atoms with E-state index in [0.717, 1.165) is 0 Å². The second kappa shape index (κ2) is 9.65. The molecule has 0 aromatic heterocycles. The maximum atomic E-state index is 11.5. The SMILES string of the molecule is O=CCCC(NC(=O)NC(CPC(=O)O)C(=O)O)C(=O)O. The smallest absolute Gasteiger partial charge is 0.326 e. The van der Waals surface area contributed by atoms with Crippen LogP contribution in [0.4, 0.5) is 9.59 Å². The van der Waals surface area contributed by atoms with Crippen molar-refractivity contribution in [2.45, 2.75) is 24.9 Å². The minimum Gasteiger partial charge on any atom is -0.480 e. The number of aldehydes is 1. The molecule has 0 aliphatic carbocycles. The molecule has 0 aromatic carbocycles. The molecule has 0 heterocycles. The number of aliphatic carboxylic acids is 2. The highest BCUT2D eigenvalue weighted by Crippen LogP contribution is 2.12. The van der Waals surface area contributed by atoms with Gasteiger partial charge in [-0.2, -0.15) is 0 Å². The van der Waals surface area contributed by atoms with Crippen molar-refractivity contribution < 1.29 is 39.3 Å². The fraction of sp³-hybridized carbons (Fsp3) is 0.500. The van der Waals surface area contributed by atoms with E-state index in [0.29, 0.717) is 6.29 Å². The summed E-state index contributed by atoms with van der Waals surface area (Å²) in [5, 5.41) is 30.1. The summed E-state index contributed by atoms with van der Waals surface area (Å²) in [6.45, 7) is 0. The fourth-order valence-corrected chi connectivity index (χ4v) is 1.90. The Labute approximate surface area is 120 Å². The number of carbonyl (C=O) groups is 5. The van der Waals surface area contributed by atoms with Crippen LogP contribution in [0.5, 0.6) is 0 Å². The van der Waals surface area contributed by atoms with Crippen LogP contribution in [0.3, 0.4) is 0 Å². The number of amides is 2. The molecule has 0 aromatic rings. The third-order valence-electron chi connectivity index (χ3n) is 2.24. The molecule has 118 valence electrons. The van der Waals surface area contributed by atoms with Crippen molar-refractivity contribution in [2.75, 3.05) is 6.16 Å². The van der Waals surface area contributed by atoms with Crippen LogP contribution in [-0.2, 0) is 14.4 Å². The van der Waals surface area contributed by atoms with Gasteiger partial charge in [0.2, 0.25) is 0 Å². The standard InChI is InChI=1S/C10H15N2O8P/c13-3-1-2-5(7(14)15)11-9(18)12-6(8(16)17)4-21-10(19)20/h3,5-6,21H,1-2,4H2,(H,14,15)(H,16,17)(H,19,20)(H2,11,12,18). The maximum Gasteiger partial charge on any atom is 0.326 e. The van der Waals surface area contributed by atoms with Gasteiger partial charge < -0.3 is 30.7 Å². The lowest BCUT2D eigenvalue weighted by molar-refractivity contribution is -0.139. The van der Waals surface area contributed by atoms with Gasteiger partial charge in [0.25, 0.3) is 0 Å². The molecular weight excluding hydrogens is 307 g/mol. The van der Waals surface area contributed by atoms with E-state index in [4.69, 9.17) is 15.3 Å². The van der Waals surface area contributed by atoms with Crippen molar-refractivity contribution in [3.05, 3.63) is 0 Å². The lowest BCUT2D eigenvalue weighted by atomic mass is 10.2. The zero-order chi connectivity index (χ0) is 16.4. The fourth-order valence-electron chi connectivity index (χ4n) is 1.24. The highest BCUT2D eigenvalue weighted by Gasteiger charge is 2.24. The molecule has 3 atom stereocenters. The van der Waals surface area contributed by atoms with Crippen molar-refractivity contribution in [3.63, 3.8) is 0 Å². The van der Waals surface area contributed by atoms with Gasteiger partial charge in [-0.25, -0.2) is 19.2 Å². The van der Waals surface area contributed by atoms with E-state index in [2.05, 4.69) is 0 Å². The lowest BCUT2D eigenvalue weighted by Gasteiger charge is -2.17. The summed E-state index contributed by atoms with van der Waals surface area (Å²) >= 11 is 0. The highest BCUT2D eigenvalue weighted by atomic mass is 31.1. The van der Waals surface area contributed by atoms with Crippen LogP contribution in [0.1, 0.15) is 12.8 Å². The van der Waals surface area contributed by atoms with Gasteiger partial charge in [0.1, 0.15) is 18.4 Å². The van der Waals surface area contributed by atoms with Gasteiger partial charge in [-0.3, -0.25) is 0 Å². The third-order valence-corrected chi connectivity index (χ3v) is 3.15. The Balaban J connectivity index is 4.52. The average molecular weight is 322 g/mol. The Morgan fingerprint density at radius 2 is 1.52 bits per heavy atom. The lowest BCUT2D eigenvalue weighted by Crippen LogP contribution is -2.51. The first-order chi connectivity index (χ1) is 9.77. The number of carboxylic acid groups (broad SMARTS) is 3. The normalized spacial score (nSPS) is 13.3. The minimum absolute atomic E-state index is 0.0833.